The predicted octanol–water partition coefficient (Wildman–Crippen LogP) is 1.80. The molecule has 1 aromatic heterocycles. The molecule has 0 unspecified atom stereocenters. The fraction of sp³-hybridized carbons (Fsp3) is 0.0909. The highest BCUT2D eigenvalue weighted by Gasteiger charge is 2.04. The first-order chi connectivity index (χ1) is 7.75. The number of rotatable bonds is 4. The Morgan fingerprint density at radius 3 is 3.00 bits per heavy atom. The molecule has 1 aromatic carbocycles. The molecule has 0 radical (unpaired) electrons. The van der Waals surface area contributed by atoms with E-state index >= 15 is 0 Å². The molecule has 82 valence electrons. The summed E-state index contributed by atoms with van der Waals surface area (Å²) >= 11 is 0. The molecule has 5 heteroatoms. The number of benzene rings is 1. The Hall–Kier alpha value is -2.30. The van der Waals surface area contributed by atoms with Crippen molar-refractivity contribution in [1.29, 1.82) is 0 Å². The second-order valence-electron chi connectivity index (χ2n) is 3.09. The summed E-state index contributed by atoms with van der Waals surface area (Å²) in [6, 6.07) is 8.69. The third-order valence-corrected chi connectivity index (χ3v) is 1.92. The number of hydrogen-bond donors (Lipinski definition) is 1. The number of carboxylic acids is 1. The van der Waals surface area contributed by atoms with Gasteiger partial charge in [0.25, 0.3) is 0 Å². The fourth-order valence-electron chi connectivity index (χ4n) is 1.25. The summed E-state index contributed by atoms with van der Waals surface area (Å²) in [7, 11) is 0. The molecule has 2 rings (SSSR count). The van der Waals surface area contributed by atoms with Gasteiger partial charge in [-0.3, -0.25) is 0 Å². The molecule has 0 aliphatic carbocycles. The number of carbonyl (C=O) groups is 1. The van der Waals surface area contributed by atoms with Gasteiger partial charge in [-0.1, -0.05) is 17.3 Å². The SMILES string of the molecule is O=C(O)COc1cccc(-c2ccno2)c1. The van der Waals surface area contributed by atoms with Crippen LogP contribution in [0.4, 0.5) is 0 Å². The number of nitrogens with zero attached hydrogens (tertiary/aromatic N) is 1. The minimum absolute atomic E-state index is 0.361. The topological polar surface area (TPSA) is 72.6 Å². The van der Waals surface area contributed by atoms with Crippen molar-refractivity contribution in [3.63, 3.8) is 0 Å². The van der Waals surface area contributed by atoms with Gasteiger partial charge in [0.2, 0.25) is 0 Å². The molecule has 0 atom stereocenters. The summed E-state index contributed by atoms with van der Waals surface area (Å²) in [5, 5.41) is 12.1. The van der Waals surface area contributed by atoms with E-state index in [1.165, 1.54) is 0 Å². The van der Waals surface area contributed by atoms with Crippen LogP contribution in [-0.4, -0.2) is 22.8 Å². The average Bonchev–Trinajstić information content (AvgIpc) is 2.80. The lowest BCUT2D eigenvalue weighted by molar-refractivity contribution is -0.139. The predicted molar refractivity (Wildman–Crippen MR) is 55.1 cm³/mol. The lowest BCUT2D eigenvalue weighted by Crippen LogP contribution is -2.09. The third kappa shape index (κ3) is 2.38. The molecule has 0 aliphatic rings. The molecule has 0 fully saturated rings. The summed E-state index contributed by atoms with van der Waals surface area (Å²) < 4.78 is 10.0. The van der Waals surface area contributed by atoms with E-state index in [0.717, 1.165) is 5.56 Å². The first-order valence-corrected chi connectivity index (χ1v) is 4.61. The maximum absolute atomic E-state index is 10.3. The van der Waals surface area contributed by atoms with E-state index in [-0.39, 0.29) is 6.61 Å². The molecule has 0 amide bonds. The molecular weight excluding hydrogens is 210 g/mol. The Balaban J connectivity index is 2.17. The molecule has 0 saturated heterocycles. The van der Waals surface area contributed by atoms with E-state index in [9.17, 15) is 4.79 Å². The zero-order valence-electron chi connectivity index (χ0n) is 8.29. The van der Waals surface area contributed by atoms with Crippen molar-refractivity contribution < 1.29 is 19.2 Å². The van der Waals surface area contributed by atoms with E-state index in [1.54, 1.807) is 30.5 Å². The number of carboxylic acid groups (broad SMARTS) is 1. The molecule has 2 aromatic rings. The highest BCUT2D eigenvalue weighted by atomic mass is 16.5. The quantitative estimate of drug-likeness (QED) is 0.848. The van der Waals surface area contributed by atoms with Crippen LogP contribution in [0.3, 0.4) is 0 Å². The monoisotopic (exact) mass is 219 g/mol. The van der Waals surface area contributed by atoms with Crippen LogP contribution in [0.15, 0.2) is 41.1 Å². The molecule has 0 bridgehead atoms. The van der Waals surface area contributed by atoms with Crippen LogP contribution in [0.25, 0.3) is 11.3 Å². The summed E-state index contributed by atoms with van der Waals surface area (Å²) in [4.78, 5) is 10.3. The minimum Gasteiger partial charge on any atom is -0.482 e. The van der Waals surface area contributed by atoms with Gasteiger partial charge in [0.05, 0.1) is 6.20 Å². The van der Waals surface area contributed by atoms with E-state index < -0.39 is 5.97 Å². The van der Waals surface area contributed by atoms with E-state index in [1.807, 2.05) is 6.07 Å². The first kappa shape index (κ1) is 10.2. The average molecular weight is 219 g/mol. The van der Waals surface area contributed by atoms with Crippen molar-refractivity contribution in [1.82, 2.24) is 5.16 Å². The van der Waals surface area contributed by atoms with Crippen molar-refractivity contribution in [2.75, 3.05) is 6.61 Å². The van der Waals surface area contributed by atoms with Crippen molar-refractivity contribution in [3.05, 3.63) is 36.5 Å². The molecule has 1 heterocycles. The van der Waals surface area contributed by atoms with Crippen LogP contribution in [0.2, 0.25) is 0 Å². The summed E-state index contributed by atoms with van der Waals surface area (Å²) in [6.07, 6.45) is 1.54. The summed E-state index contributed by atoms with van der Waals surface area (Å²) in [6.45, 7) is -0.361. The molecule has 0 saturated carbocycles. The van der Waals surface area contributed by atoms with Crippen LogP contribution in [0.5, 0.6) is 5.75 Å². The van der Waals surface area contributed by atoms with Crippen LogP contribution in [-0.2, 0) is 4.79 Å². The number of ether oxygens (including phenoxy) is 1. The van der Waals surface area contributed by atoms with Gasteiger partial charge >= 0.3 is 5.97 Å². The van der Waals surface area contributed by atoms with Gasteiger partial charge in [0.1, 0.15) is 5.75 Å². The largest absolute Gasteiger partial charge is 0.482 e. The Bertz CT molecular complexity index is 478. The fourth-order valence-corrected chi connectivity index (χ4v) is 1.25. The maximum atomic E-state index is 10.3. The van der Waals surface area contributed by atoms with Crippen LogP contribution in [0.1, 0.15) is 0 Å². The second-order valence-corrected chi connectivity index (χ2v) is 3.09. The summed E-state index contributed by atoms with van der Waals surface area (Å²) in [5.41, 5.74) is 0.792. The van der Waals surface area contributed by atoms with Gasteiger partial charge in [-0.05, 0) is 12.1 Å². The molecule has 0 aliphatic heterocycles. The standard InChI is InChI=1S/C11H9NO4/c13-11(14)7-15-9-3-1-2-8(6-9)10-4-5-12-16-10/h1-6H,7H2,(H,13,14). The van der Waals surface area contributed by atoms with Crippen molar-refractivity contribution in [3.8, 4) is 17.1 Å². The third-order valence-electron chi connectivity index (χ3n) is 1.92. The van der Waals surface area contributed by atoms with Crippen LogP contribution < -0.4 is 4.74 Å². The van der Waals surface area contributed by atoms with Gasteiger partial charge in [-0.2, -0.15) is 0 Å². The zero-order chi connectivity index (χ0) is 11.4. The van der Waals surface area contributed by atoms with Crippen LogP contribution in [0, 0.1) is 0 Å². The maximum Gasteiger partial charge on any atom is 0.341 e. The van der Waals surface area contributed by atoms with E-state index in [4.69, 9.17) is 14.4 Å². The Morgan fingerprint density at radius 2 is 2.31 bits per heavy atom. The molecule has 1 N–H and O–H groups in total. The van der Waals surface area contributed by atoms with Gasteiger partial charge in [0.15, 0.2) is 12.4 Å². The molecule has 0 spiro atoms. The van der Waals surface area contributed by atoms with Crippen LogP contribution >= 0.6 is 0 Å². The van der Waals surface area contributed by atoms with Gasteiger partial charge in [0, 0.05) is 11.6 Å². The van der Waals surface area contributed by atoms with E-state index in [0.29, 0.717) is 11.5 Å². The Kier molecular flexibility index (Phi) is 2.86. The van der Waals surface area contributed by atoms with Gasteiger partial charge in [-0.15, -0.1) is 0 Å². The molecule has 5 nitrogen and oxygen atoms in total. The van der Waals surface area contributed by atoms with Gasteiger partial charge in [-0.25, -0.2) is 4.79 Å². The highest BCUT2D eigenvalue weighted by Crippen LogP contribution is 2.23. The number of aromatic nitrogens is 1. The second kappa shape index (κ2) is 4.48. The smallest absolute Gasteiger partial charge is 0.341 e. The zero-order valence-corrected chi connectivity index (χ0v) is 8.29. The summed E-state index contributed by atoms with van der Waals surface area (Å²) in [5.74, 6) is 0.0853. The minimum atomic E-state index is -1.01. The molecule has 16 heavy (non-hydrogen) atoms. The molecular formula is C11H9NO4. The lowest BCUT2D eigenvalue weighted by Gasteiger charge is -2.03. The van der Waals surface area contributed by atoms with Crippen molar-refractivity contribution in [2.45, 2.75) is 0 Å². The first-order valence-electron chi connectivity index (χ1n) is 4.61. The Morgan fingerprint density at radius 1 is 1.44 bits per heavy atom. The lowest BCUT2D eigenvalue weighted by atomic mass is 10.2. The normalized spacial score (nSPS) is 10.0. The van der Waals surface area contributed by atoms with Crippen molar-refractivity contribution in [2.24, 2.45) is 0 Å². The Labute approximate surface area is 91.3 Å². The number of hydrogen-bond acceptors (Lipinski definition) is 4. The van der Waals surface area contributed by atoms with Crippen molar-refractivity contribution >= 4 is 5.97 Å². The van der Waals surface area contributed by atoms with E-state index in [2.05, 4.69) is 5.16 Å². The number of aliphatic carboxylic acids is 1. The van der Waals surface area contributed by atoms with Gasteiger partial charge < -0.3 is 14.4 Å². The highest BCUT2D eigenvalue weighted by molar-refractivity contribution is 5.68.